The molecule has 5 nitrogen and oxygen atoms in total. The van der Waals surface area contributed by atoms with Gasteiger partial charge in [-0.25, -0.2) is 0 Å². The van der Waals surface area contributed by atoms with Crippen molar-refractivity contribution in [1.82, 2.24) is 4.90 Å². The number of nitro benzene ring substituents is 1. The van der Waals surface area contributed by atoms with Crippen molar-refractivity contribution in [3.05, 3.63) is 33.9 Å². The summed E-state index contributed by atoms with van der Waals surface area (Å²) in [5, 5.41) is 13.9. The largest absolute Gasteiger partial charge is 0.401 e. The van der Waals surface area contributed by atoms with Crippen LogP contribution in [0.5, 0.6) is 0 Å². The Balaban J connectivity index is 3.05. The molecule has 0 saturated carbocycles. The lowest BCUT2D eigenvalue weighted by molar-refractivity contribution is -0.384. The van der Waals surface area contributed by atoms with Crippen molar-refractivity contribution in [3.8, 4) is 0 Å². The fraction of sp³-hybridized carbons (Fsp3) is 0.538. The van der Waals surface area contributed by atoms with Gasteiger partial charge in [-0.3, -0.25) is 15.0 Å². The van der Waals surface area contributed by atoms with Crippen molar-refractivity contribution in [2.24, 2.45) is 0 Å². The first-order valence-electron chi connectivity index (χ1n) is 6.57. The van der Waals surface area contributed by atoms with Gasteiger partial charge >= 0.3 is 6.18 Å². The van der Waals surface area contributed by atoms with E-state index < -0.39 is 17.6 Å². The van der Waals surface area contributed by atoms with Gasteiger partial charge in [-0.05, 0) is 19.0 Å². The molecule has 21 heavy (non-hydrogen) atoms. The van der Waals surface area contributed by atoms with Gasteiger partial charge in [0.15, 0.2) is 0 Å². The fourth-order valence-electron chi connectivity index (χ4n) is 2.03. The maximum Gasteiger partial charge on any atom is 0.401 e. The third kappa shape index (κ3) is 5.22. The van der Waals surface area contributed by atoms with Crippen molar-refractivity contribution in [1.29, 1.82) is 0 Å². The Bertz CT molecular complexity index is 492. The van der Waals surface area contributed by atoms with Gasteiger partial charge in [-0.2, -0.15) is 13.2 Å². The van der Waals surface area contributed by atoms with Gasteiger partial charge in [0, 0.05) is 19.2 Å². The summed E-state index contributed by atoms with van der Waals surface area (Å²) in [7, 11) is 0. The average molecular weight is 305 g/mol. The zero-order chi connectivity index (χ0) is 16.0. The minimum atomic E-state index is -4.30. The average Bonchev–Trinajstić information content (AvgIpc) is 2.38. The van der Waals surface area contributed by atoms with E-state index in [2.05, 4.69) is 5.32 Å². The van der Waals surface area contributed by atoms with E-state index in [0.29, 0.717) is 12.1 Å². The van der Waals surface area contributed by atoms with Crippen LogP contribution in [-0.2, 0) is 6.54 Å². The van der Waals surface area contributed by atoms with E-state index >= 15 is 0 Å². The van der Waals surface area contributed by atoms with E-state index in [4.69, 9.17) is 0 Å². The molecule has 0 aliphatic carbocycles. The molecule has 0 unspecified atom stereocenters. The molecular formula is C13H18F3N3O2. The van der Waals surface area contributed by atoms with E-state index in [1.807, 2.05) is 0 Å². The van der Waals surface area contributed by atoms with Gasteiger partial charge in [0.1, 0.15) is 5.69 Å². The summed E-state index contributed by atoms with van der Waals surface area (Å²) in [6.45, 7) is 3.00. The molecule has 118 valence electrons. The summed E-state index contributed by atoms with van der Waals surface area (Å²) in [6, 6.07) is 4.42. The van der Waals surface area contributed by atoms with Crippen molar-refractivity contribution < 1.29 is 18.1 Å². The Morgan fingerprint density at radius 2 is 2.00 bits per heavy atom. The van der Waals surface area contributed by atoms with E-state index in [9.17, 15) is 23.3 Å². The van der Waals surface area contributed by atoms with Crippen LogP contribution in [0, 0.1) is 10.1 Å². The van der Waals surface area contributed by atoms with E-state index in [0.717, 1.165) is 0 Å². The fourth-order valence-corrected chi connectivity index (χ4v) is 2.03. The van der Waals surface area contributed by atoms with Crippen LogP contribution in [0.3, 0.4) is 0 Å². The lowest BCUT2D eigenvalue weighted by Gasteiger charge is -2.23. The molecule has 8 heteroatoms. The number of para-hydroxylation sites is 1. The van der Waals surface area contributed by atoms with E-state index in [-0.39, 0.29) is 24.5 Å². The number of rotatable bonds is 7. The second-order valence-corrected chi connectivity index (χ2v) is 4.52. The number of alkyl halides is 3. The Hall–Kier alpha value is -1.83. The highest BCUT2D eigenvalue weighted by molar-refractivity contribution is 5.66. The van der Waals surface area contributed by atoms with Crippen LogP contribution in [-0.4, -0.2) is 35.6 Å². The Kier molecular flexibility index (Phi) is 5.95. The zero-order valence-corrected chi connectivity index (χ0v) is 11.9. The summed E-state index contributed by atoms with van der Waals surface area (Å²) in [5.41, 5.74) is 0.639. The van der Waals surface area contributed by atoms with Crippen molar-refractivity contribution in [2.45, 2.75) is 26.6 Å². The SMILES string of the molecule is CCNc1c(CN(CC)CC(F)(F)F)cccc1[N+](=O)[O-]. The molecule has 0 aliphatic rings. The van der Waals surface area contributed by atoms with Crippen molar-refractivity contribution in [2.75, 3.05) is 25.0 Å². The zero-order valence-electron chi connectivity index (χ0n) is 11.9. The number of nitrogens with one attached hydrogen (secondary N) is 1. The predicted molar refractivity (Wildman–Crippen MR) is 74.3 cm³/mol. The lowest BCUT2D eigenvalue weighted by Crippen LogP contribution is -2.33. The minimum Gasteiger partial charge on any atom is -0.380 e. The maximum absolute atomic E-state index is 12.5. The van der Waals surface area contributed by atoms with Crippen LogP contribution in [0.4, 0.5) is 24.5 Å². The number of nitrogens with zero attached hydrogens (tertiary/aromatic N) is 2. The summed E-state index contributed by atoms with van der Waals surface area (Å²) in [4.78, 5) is 11.7. The Morgan fingerprint density at radius 3 is 2.48 bits per heavy atom. The normalized spacial score (nSPS) is 11.7. The molecule has 0 radical (unpaired) electrons. The second kappa shape index (κ2) is 7.26. The summed E-state index contributed by atoms with van der Waals surface area (Å²) < 4.78 is 37.5. The van der Waals surface area contributed by atoms with Crippen LogP contribution in [0.1, 0.15) is 19.4 Å². The van der Waals surface area contributed by atoms with Gasteiger partial charge in [-0.15, -0.1) is 0 Å². The molecule has 0 amide bonds. The molecule has 1 rings (SSSR count). The third-order valence-electron chi connectivity index (χ3n) is 2.92. The third-order valence-corrected chi connectivity index (χ3v) is 2.92. The number of halogens is 3. The molecule has 0 spiro atoms. The van der Waals surface area contributed by atoms with Crippen molar-refractivity contribution >= 4 is 11.4 Å². The molecule has 0 aliphatic heterocycles. The molecule has 0 aromatic heterocycles. The number of benzene rings is 1. The summed E-state index contributed by atoms with van der Waals surface area (Å²) >= 11 is 0. The first kappa shape index (κ1) is 17.2. The maximum atomic E-state index is 12.5. The summed E-state index contributed by atoms with van der Waals surface area (Å²) in [6.07, 6.45) is -4.30. The molecule has 1 N–H and O–H groups in total. The van der Waals surface area contributed by atoms with Crippen LogP contribution in [0.15, 0.2) is 18.2 Å². The molecule has 1 aromatic rings. The molecule has 0 bridgehead atoms. The highest BCUT2D eigenvalue weighted by atomic mass is 19.4. The van der Waals surface area contributed by atoms with Crippen molar-refractivity contribution in [3.63, 3.8) is 0 Å². The molecule has 0 atom stereocenters. The predicted octanol–water partition coefficient (Wildman–Crippen LogP) is 3.41. The van der Waals surface area contributed by atoms with Crippen LogP contribution in [0.2, 0.25) is 0 Å². The van der Waals surface area contributed by atoms with E-state index in [1.165, 1.54) is 17.0 Å². The molecule has 0 saturated heterocycles. The van der Waals surface area contributed by atoms with Gasteiger partial charge < -0.3 is 5.32 Å². The topological polar surface area (TPSA) is 58.4 Å². The van der Waals surface area contributed by atoms with Crippen LogP contribution >= 0.6 is 0 Å². The van der Waals surface area contributed by atoms with E-state index in [1.54, 1.807) is 19.9 Å². The number of hydrogen-bond donors (Lipinski definition) is 1. The quantitative estimate of drug-likeness (QED) is 0.619. The van der Waals surface area contributed by atoms with Gasteiger partial charge in [0.05, 0.1) is 11.5 Å². The lowest BCUT2D eigenvalue weighted by atomic mass is 10.1. The first-order chi connectivity index (χ1) is 9.78. The minimum absolute atomic E-state index is 0.0000231. The number of hydrogen-bond acceptors (Lipinski definition) is 4. The molecule has 1 aromatic carbocycles. The summed E-state index contributed by atoms with van der Waals surface area (Å²) in [5.74, 6) is 0. The Labute approximate surface area is 120 Å². The molecule has 0 fully saturated rings. The first-order valence-corrected chi connectivity index (χ1v) is 6.57. The highest BCUT2D eigenvalue weighted by Crippen LogP contribution is 2.29. The molecular weight excluding hydrogens is 287 g/mol. The Morgan fingerprint density at radius 1 is 1.33 bits per heavy atom. The van der Waals surface area contributed by atoms with Crippen LogP contribution < -0.4 is 5.32 Å². The van der Waals surface area contributed by atoms with Gasteiger partial charge in [-0.1, -0.05) is 19.1 Å². The van der Waals surface area contributed by atoms with Crippen LogP contribution in [0.25, 0.3) is 0 Å². The highest BCUT2D eigenvalue weighted by Gasteiger charge is 2.30. The monoisotopic (exact) mass is 305 g/mol. The van der Waals surface area contributed by atoms with Gasteiger partial charge in [0.25, 0.3) is 5.69 Å². The second-order valence-electron chi connectivity index (χ2n) is 4.52. The van der Waals surface area contributed by atoms with Gasteiger partial charge in [0.2, 0.25) is 0 Å². The standard InChI is InChI=1S/C13H18F3N3O2/c1-3-17-12-10(6-5-7-11(12)19(20)21)8-18(4-2)9-13(14,15)16/h5-7,17H,3-4,8-9H2,1-2H3. The number of anilines is 1. The molecule has 0 heterocycles. The smallest absolute Gasteiger partial charge is 0.380 e. The number of nitro groups is 1.